The lowest BCUT2D eigenvalue weighted by molar-refractivity contribution is -0.147. The Morgan fingerprint density at radius 2 is 2.00 bits per heavy atom. The van der Waals surface area contributed by atoms with Crippen LogP contribution in [0.4, 0.5) is 0 Å². The standard InChI is InChI=1S/C13H15Cl2NO3/c1-3-13(2,12(18)19)7-16-11(17)9-5-4-8(14)6-10(9)15/h4-6H,3,7H2,1-2H3,(H,16,17)(H,18,19). The van der Waals surface area contributed by atoms with Gasteiger partial charge in [-0.25, -0.2) is 0 Å². The van der Waals surface area contributed by atoms with Gasteiger partial charge in [-0.2, -0.15) is 0 Å². The normalized spacial score (nSPS) is 13.7. The average Bonchev–Trinajstić information content (AvgIpc) is 2.35. The number of carboxylic acids is 1. The molecule has 0 fully saturated rings. The summed E-state index contributed by atoms with van der Waals surface area (Å²) in [7, 11) is 0. The smallest absolute Gasteiger partial charge is 0.311 e. The number of halogens is 2. The van der Waals surface area contributed by atoms with Crippen molar-refractivity contribution in [2.24, 2.45) is 5.41 Å². The Bertz CT molecular complexity index is 505. The molecule has 1 atom stereocenters. The number of hydrogen-bond acceptors (Lipinski definition) is 2. The predicted octanol–water partition coefficient (Wildman–Crippen LogP) is 3.22. The molecule has 0 spiro atoms. The van der Waals surface area contributed by atoms with Crippen molar-refractivity contribution in [3.05, 3.63) is 33.8 Å². The number of carboxylic acid groups (broad SMARTS) is 1. The van der Waals surface area contributed by atoms with E-state index < -0.39 is 17.3 Å². The molecule has 0 bridgehead atoms. The summed E-state index contributed by atoms with van der Waals surface area (Å²) in [6.45, 7) is 3.38. The SMILES string of the molecule is CCC(C)(CNC(=O)c1ccc(Cl)cc1Cl)C(=O)O. The van der Waals surface area contributed by atoms with Crippen molar-refractivity contribution in [3.8, 4) is 0 Å². The molecule has 1 aromatic rings. The molecule has 0 aliphatic rings. The number of nitrogens with one attached hydrogen (secondary N) is 1. The van der Waals surface area contributed by atoms with Crippen molar-refractivity contribution in [1.82, 2.24) is 5.32 Å². The van der Waals surface area contributed by atoms with E-state index in [0.717, 1.165) is 0 Å². The van der Waals surface area contributed by atoms with Crippen LogP contribution in [0.2, 0.25) is 10.0 Å². The maximum absolute atomic E-state index is 11.9. The van der Waals surface area contributed by atoms with E-state index in [0.29, 0.717) is 11.4 Å². The molecule has 0 aromatic heterocycles. The zero-order valence-corrected chi connectivity index (χ0v) is 12.2. The topological polar surface area (TPSA) is 66.4 Å². The lowest BCUT2D eigenvalue weighted by atomic mass is 9.87. The summed E-state index contributed by atoms with van der Waals surface area (Å²) in [5, 5.41) is 12.4. The highest BCUT2D eigenvalue weighted by atomic mass is 35.5. The molecule has 1 aromatic carbocycles. The number of carbonyl (C=O) groups excluding carboxylic acids is 1. The highest BCUT2D eigenvalue weighted by Gasteiger charge is 2.31. The van der Waals surface area contributed by atoms with Gasteiger partial charge in [0.15, 0.2) is 0 Å². The van der Waals surface area contributed by atoms with Gasteiger partial charge in [0.05, 0.1) is 16.0 Å². The second kappa shape index (κ2) is 6.26. The minimum absolute atomic E-state index is 0.0383. The van der Waals surface area contributed by atoms with E-state index in [-0.39, 0.29) is 17.1 Å². The molecule has 1 amide bonds. The first-order valence-corrected chi connectivity index (χ1v) is 6.52. The van der Waals surface area contributed by atoms with Gasteiger partial charge in [-0.15, -0.1) is 0 Å². The Labute approximate surface area is 121 Å². The lowest BCUT2D eigenvalue weighted by Crippen LogP contribution is -2.40. The summed E-state index contributed by atoms with van der Waals surface area (Å²) in [6.07, 6.45) is 0.414. The molecule has 0 saturated heterocycles. The van der Waals surface area contributed by atoms with Gasteiger partial charge >= 0.3 is 5.97 Å². The summed E-state index contributed by atoms with van der Waals surface area (Å²) >= 11 is 11.7. The fourth-order valence-electron chi connectivity index (χ4n) is 1.40. The fourth-order valence-corrected chi connectivity index (χ4v) is 1.89. The number of rotatable bonds is 5. The van der Waals surface area contributed by atoms with Crippen LogP contribution < -0.4 is 5.32 Å². The first-order valence-electron chi connectivity index (χ1n) is 5.77. The summed E-state index contributed by atoms with van der Waals surface area (Å²) < 4.78 is 0. The Balaban J connectivity index is 2.78. The first-order chi connectivity index (χ1) is 8.80. The summed E-state index contributed by atoms with van der Waals surface area (Å²) in [4.78, 5) is 23.0. The van der Waals surface area contributed by atoms with Crippen LogP contribution in [0.5, 0.6) is 0 Å². The largest absolute Gasteiger partial charge is 0.481 e. The Morgan fingerprint density at radius 3 is 2.47 bits per heavy atom. The van der Waals surface area contributed by atoms with E-state index in [1.54, 1.807) is 19.9 Å². The molecule has 0 radical (unpaired) electrons. The van der Waals surface area contributed by atoms with Gasteiger partial charge in [-0.1, -0.05) is 30.1 Å². The molecule has 0 aliphatic carbocycles. The van der Waals surface area contributed by atoms with E-state index >= 15 is 0 Å². The van der Waals surface area contributed by atoms with Crippen molar-refractivity contribution in [3.63, 3.8) is 0 Å². The van der Waals surface area contributed by atoms with Crippen molar-refractivity contribution >= 4 is 35.1 Å². The quantitative estimate of drug-likeness (QED) is 0.877. The van der Waals surface area contributed by atoms with Gasteiger partial charge in [0.25, 0.3) is 5.91 Å². The Morgan fingerprint density at radius 1 is 1.37 bits per heavy atom. The molecule has 19 heavy (non-hydrogen) atoms. The second-order valence-corrected chi connectivity index (χ2v) is 5.37. The summed E-state index contributed by atoms with van der Waals surface area (Å²) in [6, 6.07) is 4.52. The van der Waals surface area contributed by atoms with E-state index in [4.69, 9.17) is 28.3 Å². The molecule has 1 rings (SSSR count). The van der Waals surface area contributed by atoms with Gasteiger partial charge in [0, 0.05) is 11.6 Å². The van der Waals surface area contributed by atoms with Crippen LogP contribution in [0.3, 0.4) is 0 Å². The minimum Gasteiger partial charge on any atom is -0.481 e. The van der Waals surface area contributed by atoms with Gasteiger partial charge in [0.2, 0.25) is 0 Å². The van der Waals surface area contributed by atoms with Crippen LogP contribution in [-0.4, -0.2) is 23.5 Å². The van der Waals surface area contributed by atoms with E-state index in [9.17, 15) is 9.59 Å². The molecule has 0 aliphatic heterocycles. The second-order valence-electron chi connectivity index (χ2n) is 4.53. The van der Waals surface area contributed by atoms with E-state index in [1.807, 2.05) is 0 Å². The third-order valence-corrected chi connectivity index (χ3v) is 3.66. The third-order valence-electron chi connectivity index (χ3n) is 3.11. The highest BCUT2D eigenvalue weighted by Crippen LogP contribution is 2.23. The van der Waals surface area contributed by atoms with Crippen molar-refractivity contribution in [2.75, 3.05) is 6.54 Å². The van der Waals surface area contributed by atoms with Gasteiger partial charge in [0.1, 0.15) is 0 Å². The van der Waals surface area contributed by atoms with Gasteiger partial charge < -0.3 is 10.4 Å². The monoisotopic (exact) mass is 303 g/mol. The summed E-state index contributed by atoms with van der Waals surface area (Å²) in [5.74, 6) is -1.36. The lowest BCUT2D eigenvalue weighted by Gasteiger charge is -2.23. The van der Waals surface area contributed by atoms with Gasteiger partial charge in [-0.05, 0) is 31.5 Å². The predicted molar refractivity (Wildman–Crippen MR) is 74.8 cm³/mol. The minimum atomic E-state index is -0.992. The molecular formula is C13H15Cl2NO3. The highest BCUT2D eigenvalue weighted by molar-refractivity contribution is 6.36. The molecule has 4 nitrogen and oxygen atoms in total. The van der Waals surface area contributed by atoms with Crippen LogP contribution in [-0.2, 0) is 4.79 Å². The van der Waals surface area contributed by atoms with Crippen LogP contribution >= 0.6 is 23.2 Å². The Hall–Kier alpha value is -1.26. The van der Waals surface area contributed by atoms with Crippen molar-refractivity contribution < 1.29 is 14.7 Å². The summed E-state index contributed by atoms with van der Waals surface area (Å²) in [5.41, 5.74) is -0.718. The zero-order valence-electron chi connectivity index (χ0n) is 10.7. The molecule has 6 heteroatoms. The maximum atomic E-state index is 11.9. The number of carbonyl (C=O) groups is 2. The third kappa shape index (κ3) is 3.85. The molecule has 0 saturated carbocycles. The van der Waals surface area contributed by atoms with Crippen LogP contribution in [0.25, 0.3) is 0 Å². The zero-order chi connectivity index (χ0) is 14.6. The number of benzene rings is 1. The van der Waals surface area contributed by atoms with Crippen LogP contribution in [0, 0.1) is 5.41 Å². The number of amides is 1. The van der Waals surface area contributed by atoms with Gasteiger partial charge in [-0.3, -0.25) is 9.59 Å². The molecule has 0 heterocycles. The fraction of sp³-hybridized carbons (Fsp3) is 0.385. The maximum Gasteiger partial charge on any atom is 0.311 e. The van der Waals surface area contributed by atoms with Crippen LogP contribution in [0.1, 0.15) is 30.6 Å². The molecule has 104 valence electrons. The molecular weight excluding hydrogens is 289 g/mol. The molecule has 2 N–H and O–H groups in total. The average molecular weight is 304 g/mol. The Kier molecular flexibility index (Phi) is 5.20. The van der Waals surface area contributed by atoms with E-state index in [2.05, 4.69) is 5.32 Å². The van der Waals surface area contributed by atoms with Crippen molar-refractivity contribution in [1.29, 1.82) is 0 Å². The number of hydrogen-bond donors (Lipinski definition) is 2. The van der Waals surface area contributed by atoms with Crippen LogP contribution in [0.15, 0.2) is 18.2 Å². The number of aliphatic carboxylic acids is 1. The van der Waals surface area contributed by atoms with E-state index in [1.165, 1.54) is 12.1 Å². The first kappa shape index (κ1) is 15.8. The molecule has 1 unspecified atom stereocenters. The van der Waals surface area contributed by atoms with Crippen molar-refractivity contribution in [2.45, 2.75) is 20.3 Å².